The molecular formula is C50H43Br2N5O4S2. The molecule has 3 aliphatic rings. The predicted octanol–water partition coefficient (Wildman–Crippen LogP) is 11.3. The Kier molecular flexibility index (Phi) is 14.7. The molecule has 0 radical (unpaired) electrons. The van der Waals surface area contributed by atoms with Gasteiger partial charge in [-0.3, -0.25) is 14.4 Å². The van der Waals surface area contributed by atoms with E-state index in [2.05, 4.69) is 84.2 Å². The molecule has 1 fully saturated rings. The molecule has 3 amide bonds. The van der Waals surface area contributed by atoms with E-state index in [0.29, 0.717) is 43.9 Å². The summed E-state index contributed by atoms with van der Waals surface area (Å²) < 4.78 is 7.32. The Labute approximate surface area is 392 Å². The zero-order valence-corrected chi connectivity index (χ0v) is 39.1. The standard InChI is InChI=1S/C26H22BrN3O2S.C24H21BrN2O2S/c27-18-11-8-16(9-12-18)24-19-5-1-2-7-22(19)33-23-13-10-17(15-21(23)29-24)25(31)30-20-6-3-4-14-28-26(20)32;1-2-29-14-13-26-24(28)17-9-12-22-20(15-17)27-23(16-7-10-18(25)11-8-16)19-5-3-4-6-21(19)30-22/h1-2,5,7-13,15,20H,3-4,6,14H2,(H,28,32)(H,30,31);3-12,15H,2,13-14H2,1H3,(H,26,28). The van der Waals surface area contributed by atoms with E-state index in [4.69, 9.17) is 14.7 Å². The van der Waals surface area contributed by atoms with Crippen molar-refractivity contribution >= 4 is 95.9 Å². The molecule has 6 aromatic carbocycles. The van der Waals surface area contributed by atoms with Gasteiger partial charge in [0.25, 0.3) is 11.8 Å². The number of hydrogen-bond acceptors (Lipinski definition) is 8. The summed E-state index contributed by atoms with van der Waals surface area (Å²) in [7, 11) is 0. The van der Waals surface area contributed by atoms with Crippen molar-refractivity contribution in [3.63, 3.8) is 0 Å². The number of ether oxygens (including phenoxy) is 1. The van der Waals surface area contributed by atoms with E-state index in [0.717, 1.165) is 86.4 Å². The highest BCUT2D eigenvalue weighted by Gasteiger charge is 2.25. The maximum atomic E-state index is 13.0. The van der Waals surface area contributed by atoms with Gasteiger partial charge >= 0.3 is 0 Å². The van der Waals surface area contributed by atoms with Crippen LogP contribution >= 0.6 is 55.4 Å². The summed E-state index contributed by atoms with van der Waals surface area (Å²) in [5.41, 5.74) is 8.58. The Balaban J connectivity index is 0.000000174. The Bertz CT molecular complexity index is 2730. The smallest absolute Gasteiger partial charge is 0.252 e. The number of carbonyl (C=O) groups excluding carboxylic acids is 3. The van der Waals surface area contributed by atoms with Gasteiger partial charge in [-0.05, 0) is 99.0 Å². The van der Waals surface area contributed by atoms with Crippen LogP contribution in [0.2, 0.25) is 0 Å². The van der Waals surface area contributed by atoms with Crippen molar-refractivity contribution in [3.8, 4) is 0 Å². The number of benzene rings is 6. The van der Waals surface area contributed by atoms with Gasteiger partial charge in [0.1, 0.15) is 6.04 Å². The largest absolute Gasteiger partial charge is 0.380 e. The van der Waals surface area contributed by atoms with E-state index in [1.54, 1.807) is 29.6 Å². The molecule has 3 aliphatic heterocycles. The third-order valence-corrected chi connectivity index (χ3v) is 13.8. The second-order valence-electron chi connectivity index (χ2n) is 14.8. The molecule has 9 rings (SSSR count). The molecule has 0 bridgehead atoms. The highest BCUT2D eigenvalue weighted by molar-refractivity contribution is 9.10. The summed E-state index contributed by atoms with van der Waals surface area (Å²) in [4.78, 5) is 52.1. The second kappa shape index (κ2) is 20.9. The molecule has 6 aromatic rings. The SMILES string of the molecule is CCOCCNC(=O)c1ccc2c(c1)N=C(c1ccc(Br)cc1)c1ccccc1S2.O=C(NC1CCCCNC1=O)c1ccc2c(c1)N=C(c1ccc(Br)cc1)c1ccccc1S2. The number of nitrogens with zero attached hydrogens (tertiary/aromatic N) is 2. The van der Waals surface area contributed by atoms with Gasteiger partial charge in [-0.15, -0.1) is 0 Å². The Hall–Kier alpha value is -5.31. The average Bonchev–Trinajstić information content (AvgIpc) is 3.69. The van der Waals surface area contributed by atoms with E-state index in [1.165, 1.54) is 0 Å². The van der Waals surface area contributed by atoms with Crippen LogP contribution in [0, 0.1) is 0 Å². The lowest BCUT2D eigenvalue weighted by Crippen LogP contribution is -2.45. The molecule has 0 aliphatic carbocycles. The van der Waals surface area contributed by atoms with Crippen molar-refractivity contribution in [3.05, 3.63) is 176 Å². The predicted molar refractivity (Wildman–Crippen MR) is 260 cm³/mol. The topological polar surface area (TPSA) is 121 Å². The number of rotatable bonds is 9. The first-order chi connectivity index (χ1) is 30.7. The minimum absolute atomic E-state index is 0.114. The van der Waals surface area contributed by atoms with Crippen molar-refractivity contribution < 1.29 is 19.1 Å². The minimum Gasteiger partial charge on any atom is -0.380 e. The lowest BCUT2D eigenvalue weighted by Gasteiger charge is -2.15. The lowest BCUT2D eigenvalue weighted by molar-refractivity contribution is -0.122. The molecule has 9 nitrogen and oxygen atoms in total. The van der Waals surface area contributed by atoms with Gasteiger partial charge in [-0.1, -0.05) is 116 Å². The molecule has 3 N–H and O–H groups in total. The van der Waals surface area contributed by atoms with Crippen molar-refractivity contribution in [2.24, 2.45) is 9.98 Å². The summed E-state index contributed by atoms with van der Waals surface area (Å²) in [6.07, 6.45) is 2.49. The van der Waals surface area contributed by atoms with E-state index in [-0.39, 0.29) is 17.7 Å². The van der Waals surface area contributed by atoms with Crippen LogP contribution in [-0.4, -0.2) is 61.5 Å². The van der Waals surface area contributed by atoms with Gasteiger partial charge in [-0.2, -0.15) is 0 Å². The first-order valence-electron chi connectivity index (χ1n) is 20.7. The van der Waals surface area contributed by atoms with Crippen molar-refractivity contribution in [2.45, 2.75) is 51.8 Å². The average molecular weight is 1000 g/mol. The van der Waals surface area contributed by atoms with Gasteiger partial charge in [0.05, 0.1) is 29.4 Å². The molecule has 1 unspecified atom stereocenters. The second-order valence-corrected chi connectivity index (χ2v) is 18.8. The normalized spacial score (nSPS) is 15.1. The number of nitrogens with one attached hydrogen (secondary N) is 3. The fourth-order valence-corrected chi connectivity index (χ4v) is 9.76. The van der Waals surface area contributed by atoms with Crippen LogP contribution in [0.5, 0.6) is 0 Å². The van der Waals surface area contributed by atoms with Crippen molar-refractivity contribution in [2.75, 3.05) is 26.3 Å². The van der Waals surface area contributed by atoms with E-state index < -0.39 is 6.04 Å². The van der Waals surface area contributed by atoms with Crippen LogP contribution in [0.15, 0.2) is 172 Å². The van der Waals surface area contributed by atoms with Gasteiger partial charge in [-0.25, -0.2) is 9.98 Å². The highest BCUT2D eigenvalue weighted by atomic mass is 79.9. The summed E-state index contributed by atoms with van der Waals surface area (Å²) in [6.45, 7) is 4.22. The maximum absolute atomic E-state index is 13.0. The zero-order chi connectivity index (χ0) is 43.7. The fraction of sp³-hybridized carbons (Fsp3) is 0.180. The van der Waals surface area contributed by atoms with Crippen LogP contribution < -0.4 is 16.0 Å². The monoisotopic (exact) mass is 999 g/mol. The molecule has 1 atom stereocenters. The van der Waals surface area contributed by atoms with Crippen molar-refractivity contribution in [1.82, 2.24) is 16.0 Å². The zero-order valence-electron chi connectivity index (χ0n) is 34.3. The molecule has 0 saturated carbocycles. The number of halogens is 2. The first kappa shape index (κ1) is 44.3. The number of aliphatic imine (C=N–C) groups is 2. The summed E-state index contributed by atoms with van der Waals surface area (Å²) in [6, 6.07) is 43.4. The summed E-state index contributed by atoms with van der Waals surface area (Å²) in [5, 5.41) is 8.67. The van der Waals surface area contributed by atoms with Gasteiger partial charge < -0.3 is 20.7 Å². The van der Waals surface area contributed by atoms with Crippen LogP contribution in [0.4, 0.5) is 11.4 Å². The van der Waals surface area contributed by atoms with Crippen LogP contribution in [0.3, 0.4) is 0 Å². The van der Waals surface area contributed by atoms with Crippen molar-refractivity contribution in [1.29, 1.82) is 0 Å². The van der Waals surface area contributed by atoms with Gasteiger partial charge in [0.15, 0.2) is 0 Å². The minimum atomic E-state index is -0.501. The fourth-order valence-electron chi connectivity index (χ4n) is 7.22. The third-order valence-electron chi connectivity index (χ3n) is 10.4. The van der Waals surface area contributed by atoms with Gasteiger partial charge in [0, 0.05) is 81.6 Å². The van der Waals surface area contributed by atoms with Crippen LogP contribution in [0.1, 0.15) is 69.2 Å². The molecule has 13 heteroatoms. The number of fused-ring (bicyclic) bond motifs is 4. The Morgan fingerprint density at radius 1 is 0.683 bits per heavy atom. The van der Waals surface area contributed by atoms with E-state index in [1.807, 2.05) is 97.9 Å². The maximum Gasteiger partial charge on any atom is 0.252 e. The molecule has 0 aromatic heterocycles. The molecule has 1 saturated heterocycles. The Morgan fingerprint density at radius 2 is 1.21 bits per heavy atom. The molecule has 63 heavy (non-hydrogen) atoms. The van der Waals surface area contributed by atoms with E-state index in [9.17, 15) is 14.4 Å². The number of hydrogen-bond donors (Lipinski definition) is 3. The summed E-state index contributed by atoms with van der Waals surface area (Å²) >= 11 is 10.3. The quantitative estimate of drug-likeness (QED) is 0.124. The molecule has 0 spiro atoms. The highest BCUT2D eigenvalue weighted by Crippen LogP contribution is 2.43. The van der Waals surface area contributed by atoms with Gasteiger partial charge in [0.2, 0.25) is 5.91 Å². The number of amides is 3. The molecular weight excluding hydrogens is 959 g/mol. The van der Waals surface area contributed by atoms with E-state index >= 15 is 0 Å². The number of carbonyl (C=O) groups is 3. The summed E-state index contributed by atoms with van der Waals surface area (Å²) in [5.74, 6) is -0.492. The first-order valence-corrected chi connectivity index (χ1v) is 23.9. The third kappa shape index (κ3) is 10.9. The van der Waals surface area contributed by atoms with Crippen LogP contribution in [-0.2, 0) is 9.53 Å². The molecule has 3 heterocycles. The molecule has 318 valence electrons. The van der Waals surface area contributed by atoms with Crippen LogP contribution in [0.25, 0.3) is 0 Å². The lowest BCUT2D eigenvalue weighted by atomic mass is 10.0. The Morgan fingerprint density at radius 3 is 1.75 bits per heavy atom.